The topological polar surface area (TPSA) is 18.5 Å². The first-order valence-corrected chi connectivity index (χ1v) is 4.99. The van der Waals surface area contributed by atoms with Gasteiger partial charge in [-0.15, -0.1) is 0 Å². The van der Waals surface area contributed by atoms with Crippen LogP contribution in [0.3, 0.4) is 0 Å². The molecule has 0 aliphatic heterocycles. The Kier molecular flexibility index (Phi) is 4.47. The summed E-state index contributed by atoms with van der Waals surface area (Å²) in [5.74, 6) is 0.982. The molecule has 1 rings (SSSR count). The SMILES string of the molecule is CCc1cc(C)ccc1OCCOC. The third-order valence-electron chi connectivity index (χ3n) is 2.14. The molecule has 0 aliphatic carbocycles. The van der Waals surface area contributed by atoms with Gasteiger partial charge in [-0.2, -0.15) is 0 Å². The number of benzene rings is 1. The largest absolute Gasteiger partial charge is 0.491 e. The van der Waals surface area contributed by atoms with Crippen LogP contribution in [0.25, 0.3) is 0 Å². The van der Waals surface area contributed by atoms with Crippen LogP contribution in [0.1, 0.15) is 18.1 Å². The van der Waals surface area contributed by atoms with Crippen molar-refractivity contribution in [3.8, 4) is 5.75 Å². The third-order valence-corrected chi connectivity index (χ3v) is 2.14. The molecule has 1 aromatic rings. The molecule has 0 spiro atoms. The maximum absolute atomic E-state index is 5.60. The Bertz CT molecular complexity index is 282. The second-order valence-corrected chi connectivity index (χ2v) is 3.31. The minimum Gasteiger partial charge on any atom is -0.491 e. The Morgan fingerprint density at radius 2 is 2.00 bits per heavy atom. The molecule has 2 heteroatoms. The number of ether oxygens (including phenoxy) is 2. The highest BCUT2D eigenvalue weighted by atomic mass is 16.5. The monoisotopic (exact) mass is 194 g/mol. The maximum atomic E-state index is 5.60. The van der Waals surface area contributed by atoms with Gasteiger partial charge in [0.15, 0.2) is 0 Å². The van der Waals surface area contributed by atoms with E-state index in [0.29, 0.717) is 13.2 Å². The van der Waals surface area contributed by atoms with E-state index >= 15 is 0 Å². The number of hydrogen-bond donors (Lipinski definition) is 0. The fourth-order valence-corrected chi connectivity index (χ4v) is 1.36. The van der Waals surface area contributed by atoms with Gasteiger partial charge in [0.05, 0.1) is 6.61 Å². The maximum Gasteiger partial charge on any atom is 0.122 e. The molecule has 78 valence electrons. The fraction of sp³-hybridized carbons (Fsp3) is 0.500. The standard InChI is InChI=1S/C12H18O2/c1-4-11-9-10(2)5-6-12(11)14-8-7-13-3/h5-6,9H,4,7-8H2,1-3H3. The molecule has 0 heterocycles. The summed E-state index contributed by atoms with van der Waals surface area (Å²) in [6, 6.07) is 6.27. The minimum absolute atomic E-state index is 0.618. The van der Waals surface area contributed by atoms with Crippen molar-refractivity contribution in [3.63, 3.8) is 0 Å². The van der Waals surface area contributed by atoms with Gasteiger partial charge in [0.1, 0.15) is 12.4 Å². The van der Waals surface area contributed by atoms with E-state index in [1.165, 1.54) is 11.1 Å². The number of hydrogen-bond acceptors (Lipinski definition) is 2. The molecular weight excluding hydrogens is 176 g/mol. The van der Waals surface area contributed by atoms with E-state index in [9.17, 15) is 0 Å². The van der Waals surface area contributed by atoms with E-state index in [1.807, 2.05) is 6.07 Å². The van der Waals surface area contributed by atoms with Crippen LogP contribution in [0.5, 0.6) is 5.75 Å². The first kappa shape index (κ1) is 11.1. The van der Waals surface area contributed by atoms with E-state index in [-0.39, 0.29) is 0 Å². The number of aryl methyl sites for hydroxylation is 2. The Labute approximate surface area is 85.8 Å². The van der Waals surface area contributed by atoms with Crippen LogP contribution in [0.4, 0.5) is 0 Å². The van der Waals surface area contributed by atoms with Gasteiger partial charge in [0, 0.05) is 7.11 Å². The molecule has 2 nitrogen and oxygen atoms in total. The summed E-state index contributed by atoms with van der Waals surface area (Å²) in [6.07, 6.45) is 1.00. The van der Waals surface area contributed by atoms with Crippen LogP contribution in [-0.2, 0) is 11.2 Å². The summed E-state index contributed by atoms with van der Waals surface area (Å²) in [4.78, 5) is 0. The van der Waals surface area contributed by atoms with E-state index in [2.05, 4.69) is 26.0 Å². The molecule has 0 unspecified atom stereocenters. The van der Waals surface area contributed by atoms with Crippen molar-refractivity contribution in [1.82, 2.24) is 0 Å². The van der Waals surface area contributed by atoms with Crippen molar-refractivity contribution in [2.45, 2.75) is 20.3 Å². The van der Waals surface area contributed by atoms with Gasteiger partial charge in [0.25, 0.3) is 0 Å². The molecule has 0 radical (unpaired) electrons. The quantitative estimate of drug-likeness (QED) is 0.671. The van der Waals surface area contributed by atoms with Crippen molar-refractivity contribution in [2.24, 2.45) is 0 Å². The van der Waals surface area contributed by atoms with E-state index < -0.39 is 0 Å². The van der Waals surface area contributed by atoms with Crippen LogP contribution < -0.4 is 4.74 Å². The summed E-state index contributed by atoms with van der Waals surface area (Å²) in [7, 11) is 1.68. The summed E-state index contributed by atoms with van der Waals surface area (Å²) < 4.78 is 10.5. The van der Waals surface area contributed by atoms with Gasteiger partial charge in [-0.25, -0.2) is 0 Å². The third kappa shape index (κ3) is 3.04. The van der Waals surface area contributed by atoms with Crippen molar-refractivity contribution in [1.29, 1.82) is 0 Å². The summed E-state index contributed by atoms with van der Waals surface area (Å²) in [5, 5.41) is 0. The van der Waals surface area contributed by atoms with E-state index in [0.717, 1.165) is 12.2 Å². The zero-order valence-electron chi connectivity index (χ0n) is 9.17. The predicted molar refractivity (Wildman–Crippen MR) is 57.9 cm³/mol. The second kappa shape index (κ2) is 5.66. The highest BCUT2D eigenvalue weighted by Gasteiger charge is 2.01. The van der Waals surface area contributed by atoms with Crippen molar-refractivity contribution in [2.75, 3.05) is 20.3 Å². The Morgan fingerprint density at radius 1 is 1.21 bits per heavy atom. The van der Waals surface area contributed by atoms with Crippen LogP contribution in [0, 0.1) is 6.92 Å². The van der Waals surface area contributed by atoms with Gasteiger partial charge in [-0.1, -0.05) is 24.6 Å². The summed E-state index contributed by atoms with van der Waals surface area (Å²) >= 11 is 0. The van der Waals surface area contributed by atoms with Gasteiger partial charge in [-0.05, 0) is 25.0 Å². The van der Waals surface area contributed by atoms with Crippen LogP contribution in [0.15, 0.2) is 18.2 Å². The van der Waals surface area contributed by atoms with Gasteiger partial charge in [0.2, 0.25) is 0 Å². The molecule has 0 amide bonds. The molecule has 0 fully saturated rings. The first-order chi connectivity index (χ1) is 6.77. The average molecular weight is 194 g/mol. The van der Waals surface area contributed by atoms with Crippen LogP contribution in [0.2, 0.25) is 0 Å². The smallest absolute Gasteiger partial charge is 0.122 e. The molecule has 0 aromatic heterocycles. The highest BCUT2D eigenvalue weighted by Crippen LogP contribution is 2.20. The molecule has 0 bridgehead atoms. The van der Waals surface area contributed by atoms with Crippen LogP contribution >= 0.6 is 0 Å². The number of rotatable bonds is 5. The van der Waals surface area contributed by atoms with Gasteiger partial charge >= 0.3 is 0 Å². The average Bonchev–Trinajstić information content (AvgIpc) is 2.20. The number of methoxy groups -OCH3 is 1. The van der Waals surface area contributed by atoms with Crippen LogP contribution in [-0.4, -0.2) is 20.3 Å². The van der Waals surface area contributed by atoms with Crippen molar-refractivity contribution < 1.29 is 9.47 Å². The van der Waals surface area contributed by atoms with E-state index in [4.69, 9.17) is 9.47 Å². The zero-order chi connectivity index (χ0) is 10.4. The second-order valence-electron chi connectivity index (χ2n) is 3.31. The summed E-state index contributed by atoms with van der Waals surface area (Å²) in [5.41, 5.74) is 2.54. The lowest BCUT2D eigenvalue weighted by atomic mass is 10.1. The Morgan fingerprint density at radius 3 is 2.64 bits per heavy atom. The molecule has 0 aliphatic rings. The van der Waals surface area contributed by atoms with Gasteiger partial charge < -0.3 is 9.47 Å². The molecule has 14 heavy (non-hydrogen) atoms. The Hall–Kier alpha value is -1.02. The zero-order valence-corrected chi connectivity index (χ0v) is 9.17. The molecular formula is C12H18O2. The van der Waals surface area contributed by atoms with E-state index in [1.54, 1.807) is 7.11 Å². The molecule has 1 aromatic carbocycles. The predicted octanol–water partition coefficient (Wildman–Crippen LogP) is 2.58. The van der Waals surface area contributed by atoms with Crippen molar-refractivity contribution in [3.05, 3.63) is 29.3 Å². The first-order valence-electron chi connectivity index (χ1n) is 4.99. The molecule has 0 N–H and O–H groups in total. The minimum atomic E-state index is 0.618. The molecule has 0 saturated heterocycles. The molecule has 0 atom stereocenters. The van der Waals surface area contributed by atoms with Crippen molar-refractivity contribution >= 4 is 0 Å². The lowest BCUT2D eigenvalue weighted by molar-refractivity contribution is 0.146. The lowest BCUT2D eigenvalue weighted by Gasteiger charge is -2.10. The normalized spacial score (nSPS) is 10.2. The highest BCUT2D eigenvalue weighted by molar-refractivity contribution is 5.36. The fourth-order valence-electron chi connectivity index (χ4n) is 1.36. The molecule has 0 saturated carbocycles. The van der Waals surface area contributed by atoms with Gasteiger partial charge in [-0.3, -0.25) is 0 Å². The Balaban J connectivity index is 2.65. The lowest BCUT2D eigenvalue weighted by Crippen LogP contribution is -2.05. The summed E-state index contributed by atoms with van der Waals surface area (Å²) in [6.45, 7) is 5.49.